The molecule has 0 spiro atoms. The number of carbonyl (C=O) groups is 2. The van der Waals surface area contributed by atoms with Gasteiger partial charge in [0.05, 0.1) is 10.6 Å². The highest BCUT2D eigenvalue weighted by atomic mass is 32.2. The fourth-order valence-corrected chi connectivity index (χ4v) is 7.46. The van der Waals surface area contributed by atoms with Crippen LogP contribution in [0.2, 0.25) is 0 Å². The van der Waals surface area contributed by atoms with Crippen LogP contribution in [0.15, 0.2) is 108 Å². The number of carbonyl (C=O) groups excluding carboxylic acids is 2. The van der Waals surface area contributed by atoms with Crippen molar-refractivity contribution in [1.82, 2.24) is 10.2 Å². The van der Waals surface area contributed by atoms with Gasteiger partial charge in [-0.2, -0.15) is 0 Å². The average Bonchev–Trinajstić information content (AvgIpc) is 3.07. The molecular formula is C38H42FN3O4S. The summed E-state index contributed by atoms with van der Waals surface area (Å²) >= 11 is 0. The van der Waals surface area contributed by atoms with E-state index in [9.17, 15) is 22.4 Å². The predicted molar refractivity (Wildman–Crippen MR) is 183 cm³/mol. The number of hydrogen-bond donors (Lipinski definition) is 1. The molecule has 246 valence electrons. The molecule has 0 aromatic heterocycles. The van der Waals surface area contributed by atoms with E-state index in [1.165, 1.54) is 41.3 Å². The summed E-state index contributed by atoms with van der Waals surface area (Å²) in [6.07, 6.45) is 5.20. The van der Waals surface area contributed by atoms with Gasteiger partial charge in [0.2, 0.25) is 11.8 Å². The first-order chi connectivity index (χ1) is 22.6. The average molecular weight is 656 g/mol. The molecule has 0 saturated heterocycles. The SMILES string of the molecule is Cc1ccc(S(=O)(=O)N(CC(=O)N(Cc2ccccc2C)[C@H](Cc2ccccc2)C(=O)NC2CCCCC2)c2ccc(F)cc2)cc1. The monoisotopic (exact) mass is 655 g/mol. The number of sulfonamides is 1. The van der Waals surface area contributed by atoms with E-state index in [4.69, 9.17) is 0 Å². The first-order valence-electron chi connectivity index (χ1n) is 16.1. The minimum Gasteiger partial charge on any atom is -0.352 e. The lowest BCUT2D eigenvalue weighted by molar-refractivity contribution is -0.140. The second-order valence-electron chi connectivity index (χ2n) is 12.3. The number of nitrogens with zero attached hydrogens (tertiary/aromatic N) is 2. The normalized spacial score (nSPS) is 14.3. The topological polar surface area (TPSA) is 86.8 Å². The highest BCUT2D eigenvalue weighted by molar-refractivity contribution is 7.92. The highest BCUT2D eigenvalue weighted by Gasteiger charge is 2.35. The first-order valence-corrected chi connectivity index (χ1v) is 17.6. The van der Waals surface area contributed by atoms with Crippen molar-refractivity contribution in [3.63, 3.8) is 0 Å². The van der Waals surface area contributed by atoms with Gasteiger partial charge in [-0.15, -0.1) is 0 Å². The van der Waals surface area contributed by atoms with Crippen molar-refractivity contribution in [2.75, 3.05) is 10.8 Å². The van der Waals surface area contributed by atoms with Crippen molar-refractivity contribution in [1.29, 1.82) is 0 Å². The Morgan fingerprint density at radius 3 is 2.13 bits per heavy atom. The van der Waals surface area contributed by atoms with Gasteiger partial charge in [-0.25, -0.2) is 12.8 Å². The Kier molecular flexibility index (Phi) is 11.1. The summed E-state index contributed by atoms with van der Waals surface area (Å²) in [6, 6.07) is 27.7. The first kappa shape index (κ1) is 33.9. The maximum absolute atomic E-state index is 14.6. The van der Waals surface area contributed by atoms with E-state index in [0.29, 0.717) is 0 Å². The third-order valence-electron chi connectivity index (χ3n) is 8.83. The molecule has 1 fully saturated rings. The lowest BCUT2D eigenvalue weighted by atomic mass is 9.94. The predicted octanol–water partition coefficient (Wildman–Crippen LogP) is 6.73. The third-order valence-corrected chi connectivity index (χ3v) is 10.6. The Hall–Kier alpha value is -4.50. The van der Waals surface area contributed by atoms with Crippen LogP contribution in [0.4, 0.5) is 10.1 Å². The largest absolute Gasteiger partial charge is 0.352 e. The van der Waals surface area contributed by atoms with Crippen LogP contribution in [-0.4, -0.2) is 43.8 Å². The molecule has 1 N–H and O–H groups in total. The number of hydrogen-bond acceptors (Lipinski definition) is 4. The van der Waals surface area contributed by atoms with Crippen molar-refractivity contribution in [2.45, 2.75) is 75.9 Å². The zero-order valence-corrected chi connectivity index (χ0v) is 27.8. The van der Waals surface area contributed by atoms with Gasteiger partial charge in [-0.05, 0) is 79.8 Å². The standard InChI is InChI=1S/C38H42FN3O4S/c1-28-17-23-35(24-18-28)47(45,46)42(34-21-19-32(39)20-22-34)27-37(43)41(26-31-14-10-9-11-29(31)2)36(25-30-12-5-3-6-13-30)38(44)40-33-15-7-4-8-16-33/h3,5-6,9-14,17-24,33,36H,4,7-8,15-16,25-27H2,1-2H3,(H,40,44)/t36-/m1/s1. The molecule has 0 radical (unpaired) electrons. The van der Waals surface area contributed by atoms with E-state index in [2.05, 4.69) is 5.32 Å². The molecule has 0 aliphatic heterocycles. The molecule has 0 bridgehead atoms. The van der Waals surface area contributed by atoms with Gasteiger partial charge in [-0.1, -0.05) is 91.6 Å². The van der Waals surface area contributed by atoms with E-state index >= 15 is 0 Å². The quantitative estimate of drug-likeness (QED) is 0.184. The number of amides is 2. The van der Waals surface area contributed by atoms with E-state index in [0.717, 1.165) is 58.7 Å². The minimum absolute atomic E-state index is 0.00144. The summed E-state index contributed by atoms with van der Waals surface area (Å²) in [6.45, 7) is 3.31. The molecule has 1 atom stereocenters. The van der Waals surface area contributed by atoms with E-state index in [1.807, 2.05) is 68.4 Å². The molecule has 4 aromatic rings. The molecule has 47 heavy (non-hydrogen) atoms. The molecule has 5 rings (SSSR count). The van der Waals surface area contributed by atoms with Crippen LogP contribution in [0.5, 0.6) is 0 Å². The summed E-state index contributed by atoms with van der Waals surface area (Å²) in [5, 5.41) is 3.22. The fourth-order valence-electron chi connectivity index (χ4n) is 6.04. The molecule has 1 aliphatic rings. The molecular weight excluding hydrogens is 614 g/mol. The number of halogens is 1. The highest BCUT2D eigenvalue weighted by Crippen LogP contribution is 2.26. The van der Waals surface area contributed by atoms with Crippen LogP contribution in [-0.2, 0) is 32.6 Å². The van der Waals surface area contributed by atoms with Gasteiger partial charge >= 0.3 is 0 Å². The summed E-state index contributed by atoms with van der Waals surface area (Å²) in [5.41, 5.74) is 3.69. The van der Waals surface area contributed by atoms with Gasteiger partial charge in [0.25, 0.3) is 10.0 Å². The van der Waals surface area contributed by atoms with Crippen molar-refractivity contribution in [3.05, 3.63) is 131 Å². The van der Waals surface area contributed by atoms with Gasteiger partial charge in [0, 0.05) is 19.0 Å². The molecule has 1 saturated carbocycles. The zero-order valence-electron chi connectivity index (χ0n) is 26.9. The van der Waals surface area contributed by atoms with Gasteiger partial charge in [0.1, 0.15) is 18.4 Å². The summed E-state index contributed by atoms with van der Waals surface area (Å²) in [4.78, 5) is 30.3. The lowest BCUT2D eigenvalue weighted by Gasteiger charge is -2.35. The van der Waals surface area contributed by atoms with Gasteiger partial charge in [-0.3, -0.25) is 13.9 Å². The molecule has 7 nitrogen and oxygen atoms in total. The van der Waals surface area contributed by atoms with E-state index < -0.39 is 34.3 Å². The van der Waals surface area contributed by atoms with Crippen LogP contribution in [0.3, 0.4) is 0 Å². The van der Waals surface area contributed by atoms with Gasteiger partial charge < -0.3 is 10.2 Å². The van der Waals surface area contributed by atoms with Gasteiger partial charge in [0.15, 0.2) is 0 Å². The summed E-state index contributed by atoms with van der Waals surface area (Å²) in [7, 11) is -4.26. The minimum atomic E-state index is -4.26. The van der Waals surface area contributed by atoms with E-state index in [-0.39, 0.29) is 35.5 Å². The lowest BCUT2D eigenvalue weighted by Crippen LogP contribution is -2.55. The summed E-state index contributed by atoms with van der Waals surface area (Å²) in [5.74, 6) is -1.35. The maximum Gasteiger partial charge on any atom is 0.264 e. The third kappa shape index (κ3) is 8.65. The van der Waals surface area contributed by atoms with Crippen molar-refractivity contribution >= 4 is 27.5 Å². The number of rotatable bonds is 12. The fraction of sp³-hybridized carbons (Fsp3) is 0.316. The molecule has 0 heterocycles. The number of anilines is 1. The second-order valence-corrected chi connectivity index (χ2v) is 14.2. The number of aryl methyl sites for hydroxylation is 2. The van der Waals surface area contributed by atoms with Crippen LogP contribution >= 0.6 is 0 Å². The number of benzene rings is 4. The molecule has 9 heteroatoms. The summed E-state index contributed by atoms with van der Waals surface area (Å²) < 4.78 is 43.3. The molecule has 2 amide bonds. The smallest absolute Gasteiger partial charge is 0.264 e. The van der Waals surface area contributed by atoms with Crippen LogP contribution in [0, 0.1) is 19.7 Å². The molecule has 0 unspecified atom stereocenters. The Balaban J connectivity index is 1.56. The Morgan fingerprint density at radius 2 is 1.47 bits per heavy atom. The molecule has 4 aromatic carbocycles. The Morgan fingerprint density at radius 1 is 0.830 bits per heavy atom. The zero-order chi connectivity index (χ0) is 33.4. The van der Waals surface area contributed by atoms with Crippen molar-refractivity contribution in [2.24, 2.45) is 0 Å². The van der Waals surface area contributed by atoms with Crippen LogP contribution in [0.1, 0.15) is 54.4 Å². The maximum atomic E-state index is 14.6. The Labute approximate surface area is 277 Å². The van der Waals surface area contributed by atoms with Crippen molar-refractivity contribution < 1.29 is 22.4 Å². The Bertz CT molecular complexity index is 1760. The second kappa shape index (κ2) is 15.4. The molecule has 1 aliphatic carbocycles. The number of nitrogens with one attached hydrogen (secondary N) is 1. The van der Waals surface area contributed by atoms with Crippen LogP contribution < -0.4 is 9.62 Å². The van der Waals surface area contributed by atoms with Crippen molar-refractivity contribution in [3.8, 4) is 0 Å². The van der Waals surface area contributed by atoms with Crippen LogP contribution in [0.25, 0.3) is 0 Å². The van der Waals surface area contributed by atoms with E-state index in [1.54, 1.807) is 12.1 Å².